The number of nitrogens with one attached hydrogen (secondary N) is 1. The standard InChI is InChI=1S/C13H23N3O4/c1-12(2,10(18)19)4-6-15-11(20)16-7-5-13(3,8-16)9(14)17/h4-8H2,1-3H3,(H2,14,17)(H,15,20)(H,18,19). The summed E-state index contributed by atoms with van der Waals surface area (Å²) in [5.41, 5.74) is 3.78. The summed E-state index contributed by atoms with van der Waals surface area (Å²) in [6, 6.07) is -0.281. The van der Waals surface area contributed by atoms with E-state index < -0.39 is 22.7 Å². The zero-order valence-corrected chi connectivity index (χ0v) is 12.2. The van der Waals surface area contributed by atoms with Crippen molar-refractivity contribution < 1.29 is 19.5 Å². The van der Waals surface area contributed by atoms with Gasteiger partial charge in [-0.05, 0) is 33.6 Å². The number of amides is 3. The third-order valence-electron chi connectivity index (χ3n) is 3.96. The minimum atomic E-state index is -0.894. The molecule has 1 aliphatic heterocycles. The summed E-state index contributed by atoms with van der Waals surface area (Å²) in [7, 11) is 0. The fraction of sp³-hybridized carbons (Fsp3) is 0.769. The molecule has 0 saturated carbocycles. The van der Waals surface area contributed by atoms with E-state index in [1.165, 1.54) is 0 Å². The van der Waals surface area contributed by atoms with Crippen LogP contribution >= 0.6 is 0 Å². The second-order valence-electron chi connectivity index (χ2n) is 6.27. The SMILES string of the molecule is CC(C)(CCNC(=O)N1CCC(C)(C(N)=O)C1)C(=O)O. The zero-order chi connectivity index (χ0) is 15.6. The highest BCUT2D eigenvalue weighted by Crippen LogP contribution is 2.29. The number of hydrogen-bond donors (Lipinski definition) is 3. The van der Waals surface area contributed by atoms with Crippen LogP contribution in [0.4, 0.5) is 4.79 Å². The van der Waals surface area contributed by atoms with Gasteiger partial charge in [0.25, 0.3) is 0 Å². The van der Waals surface area contributed by atoms with Crippen molar-refractivity contribution in [3.8, 4) is 0 Å². The predicted octanol–water partition coefficient (Wildman–Crippen LogP) is 0.394. The van der Waals surface area contributed by atoms with Crippen LogP contribution in [0.15, 0.2) is 0 Å². The van der Waals surface area contributed by atoms with Crippen molar-refractivity contribution in [3.63, 3.8) is 0 Å². The number of carbonyl (C=O) groups excluding carboxylic acids is 2. The number of carboxylic acids is 1. The maximum atomic E-state index is 11.9. The normalized spacial score (nSPS) is 22.6. The smallest absolute Gasteiger partial charge is 0.317 e. The van der Waals surface area contributed by atoms with E-state index in [0.29, 0.717) is 25.9 Å². The molecule has 1 saturated heterocycles. The second kappa shape index (κ2) is 5.68. The first-order valence-corrected chi connectivity index (χ1v) is 6.64. The van der Waals surface area contributed by atoms with E-state index in [1.807, 2.05) is 0 Å². The number of likely N-dealkylation sites (tertiary alicyclic amines) is 1. The number of hydrogen-bond acceptors (Lipinski definition) is 3. The van der Waals surface area contributed by atoms with Crippen LogP contribution < -0.4 is 11.1 Å². The summed E-state index contributed by atoms with van der Waals surface area (Å²) in [4.78, 5) is 35.7. The van der Waals surface area contributed by atoms with E-state index >= 15 is 0 Å². The molecule has 1 fully saturated rings. The first-order valence-electron chi connectivity index (χ1n) is 6.64. The predicted molar refractivity (Wildman–Crippen MR) is 72.9 cm³/mol. The molecule has 114 valence electrons. The monoisotopic (exact) mass is 285 g/mol. The van der Waals surface area contributed by atoms with Crippen molar-refractivity contribution in [2.75, 3.05) is 19.6 Å². The van der Waals surface area contributed by atoms with Crippen LogP contribution in [0.1, 0.15) is 33.6 Å². The van der Waals surface area contributed by atoms with Crippen LogP contribution in [0.25, 0.3) is 0 Å². The Labute approximate surface area is 118 Å². The van der Waals surface area contributed by atoms with Crippen LogP contribution in [-0.4, -0.2) is 47.5 Å². The number of carboxylic acid groups (broad SMARTS) is 1. The summed E-state index contributed by atoms with van der Waals surface area (Å²) in [5, 5.41) is 11.7. The number of primary amides is 1. The molecule has 0 bridgehead atoms. The minimum Gasteiger partial charge on any atom is -0.481 e. The van der Waals surface area contributed by atoms with Gasteiger partial charge in [-0.3, -0.25) is 9.59 Å². The molecule has 0 aliphatic carbocycles. The Bertz CT molecular complexity index is 422. The number of carbonyl (C=O) groups is 3. The largest absolute Gasteiger partial charge is 0.481 e. The van der Waals surface area contributed by atoms with E-state index in [0.717, 1.165) is 0 Å². The van der Waals surface area contributed by atoms with Gasteiger partial charge in [-0.15, -0.1) is 0 Å². The number of urea groups is 1. The average Bonchev–Trinajstić information content (AvgIpc) is 2.73. The van der Waals surface area contributed by atoms with Crippen LogP contribution in [0.3, 0.4) is 0 Å². The molecule has 0 aromatic heterocycles. The quantitative estimate of drug-likeness (QED) is 0.678. The highest BCUT2D eigenvalue weighted by molar-refractivity contribution is 5.83. The van der Waals surface area contributed by atoms with Crippen LogP contribution in [0.5, 0.6) is 0 Å². The van der Waals surface area contributed by atoms with Gasteiger partial charge in [-0.25, -0.2) is 4.79 Å². The fourth-order valence-electron chi connectivity index (χ4n) is 2.04. The Hall–Kier alpha value is -1.79. The van der Waals surface area contributed by atoms with Gasteiger partial charge in [0.2, 0.25) is 5.91 Å². The topological polar surface area (TPSA) is 113 Å². The molecule has 20 heavy (non-hydrogen) atoms. The Morgan fingerprint density at radius 1 is 1.40 bits per heavy atom. The molecule has 0 aromatic rings. The lowest BCUT2D eigenvalue weighted by Crippen LogP contribution is -2.43. The molecule has 1 atom stereocenters. The molecule has 0 spiro atoms. The fourth-order valence-corrected chi connectivity index (χ4v) is 2.04. The highest BCUT2D eigenvalue weighted by atomic mass is 16.4. The van der Waals surface area contributed by atoms with Crippen LogP contribution in [0, 0.1) is 10.8 Å². The molecule has 3 amide bonds. The van der Waals surface area contributed by atoms with E-state index in [2.05, 4.69) is 5.32 Å². The van der Waals surface area contributed by atoms with E-state index in [-0.39, 0.29) is 12.6 Å². The Morgan fingerprint density at radius 2 is 2.00 bits per heavy atom. The van der Waals surface area contributed by atoms with Crippen molar-refractivity contribution in [1.29, 1.82) is 0 Å². The molecular weight excluding hydrogens is 262 g/mol. The summed E-state index contributed by atoms with van der Waals surface area (Å²) in [5.74, 6) is -1.30. The van der Waals surface area contributed by atoms with E-state index in [4.69, 9.17) is 10.8 Å². The number of nitrogens with zero attached hydrogens (tertiary/aromatic N) is 1. The van der Waals surface area contributed by atoms with Crippen molar-refractivity contribution in [1.82, 2.24) is 10.2 Å². The van der Waals surface area contributed by atoms with Gasteiger partial charge in [-0.2, -0.15) is 0 Å². The Balaban J connectivity index is 2.42. The van der Waals surface area contributed by atoms with Crippen molar-refractivity contribution >= 4 is 17.9 Å². The lowest BCUT2D eigenvalue weighted by Gasteiger charge is -2.23. The maximum absolute atomic E-state index is 11.9. The summed E-state index contributed by atoms with van der Waals surface area (Å²) in [6.45, 7) is 6.03. The zero-order valence-electron chi connectivity index (χ0n) is 12.2. The second-order valence-corrected chi connectivity index (χ2v) is 6.27. The van der Waals surface area contributed by atoms with Gasteiger partial charge in [0, 0.05) is 19.6 Å². The summed E-state index contributed by atoms with van der Waals surface area (Å²) < 4.78 is 0. The van der Waals surface area contributed by atoms with Gasteiger partial charge in [0.1, 0.15) is 0 Å². The molecule has 1 aliphatic rings. The van der Waals surface area contributed by atoms with Crippen LogP contribution in [0.2, 0.25) is 0 Å². The third-order valence-corrected chi connectivity index (χ3v) is 3.96. The molecule has 4 N–H and O–H groups in total. The molecule has 0 aromatic carbocycles. The maximum Gasteiger partial charge on any atom is 0.317 e. The van der Waals surface area contributed by atoms with Gasteiger partial charge in [0.05, 0.1) is 10.8 Å². The first-order chi connectivity index (χ1) is 9.08. The third kappa shape index (κ3) is 3.61. The van der Waals surface area contributed by atoms with Gasteiger partial charge in [0.15, 0.2) is 0 Å². The lowest BCUT2D eigenvalue weighted by atomic mass is 9.89. The van der Waals surface area contributed by atoms with E-state index in [1.54, 1.807) is 25.7 Å². The molecule has 7 heteroatoms. The average molecular weight is 285 g/mol. The number of rotatable bonds is 5. The summed E-state index contributed by atoms with van der Waals surface area (Å²) in [6.07, 6.45) is 0.894. The molecular formula is C13H23N3O4. The first kappa shape index (κ1) is 16.3. The Kier molecular flexibility index (Phi) is 4.62. The molecule has 7 nitrogen and oxygen atoms in total. The van der Waals surface area contributed by atoms with Gasteiger partial charge < -0.3 is 21.1 Å². The lowest BCUT2D eigenvalue weighted by molar-refractivity contribution is -0.147. The van der Waals surface area contributed by atoms with E-state index in [9.17, 15) is 14.4 Å². The van der Waals surface area contributed by atoms with Crippen molar-refractivity contribution in [2.24, 2.45) is 16.6 Å². The number of nitrogens with two attached hydrogens (primary N) is 1. The molecule has 1 unspecified atom stereocenters. The Morgan fingerprint density at radius 3 is 2.45 bits per heavy atom. The van der Waals surface area contributed by atoms with Crippen LogP contribution in [-0.2, 0) is 9.59 Å². The van der Waals surface area contributed by atoms with Gasteiger partial charge >= 0.3 is 12.0 Å². The molecule has 0 radical (unpaired) electrons. The van der Waals surface area contributed by atoms with Crippen molar-refractivity contribution in [2.45, 2.75) is 33.6 Å². The van der Waals surface area contributed by atoms with Crippen molar-refractivity contribution in [3.05, 3.63) is 0 Å². The highest BCUT2D eigenvalue weighted by Gasteiger charge is 2.40. The minimum absolute atomic E-state index is 0.280. The molecule has 1 heterocycles. The van der Waals surface area contributed by atoms with Gasteiger partial charge in [-0.1, -0.05) is 0 Å². The summed E-state index contributed by atoms with van der Waals surface area (Å²) >= 11 is 0. The number of aliphatic carboxylic acids is 1. The molecule has 1 rings (SSSR count).